The SMILES string of the molecule is C[C@@H]1CNC[C@H]1C(=O)N[C@H](C)C(=O)O. The van der Waals surface area contributed by atoms with E-state index in [1.807, 2.05) is 6.92 Å². The molecule has 1 amide bonds. The predicted molar refractivity (Wildman–Crippen MR) is 50.8 cm³/mol. The maximum absolute atomic E-state index is 11.6. The fourth-order valence-corrected chi connectivity index (χ4v) is 1.54. The van der Waals surface area contributed by atoms with Crippen molar-refractivity contribution in [2.75, 3.05) is 13.1 Å². The average molecular weight is 200 g/mol. The van der Waals surface area contributed by atoms with E-state index >= 15 is 0 Å². The Morgan fingerprint density at radius 1 is 1.50 bits per heavy atom. The van der Waals surface area contributed by atoms with Gasteiger partial charge in [-0.3, -0.25) is 9.59 Å². The van der Waals surface area contributed by atoms with E-state index in [1.54, 1.807) is 0 Å². The van der Waals surface area contributed by atoms with E-state index in [4.69, 9.17) is 5.11 Å². The number of hydrogen-bond acceptors (Lipinski definition) is 3. The molecular formula is C9H16N2O3. The molecule has 1 fully saturated rings. The lowest BCUT2D eigenvalue weighted by molar-refractivity contribution is -0.142. The summed E-state index contributed by atoms with van der Waals surface area (Å²) in [6.45, 7) is 4.90. The first kappa shape index (κ1) is 11.0. The lowest BCUT2D eigenvalue weighted by Crippen LogP contribution is -2.43. The molecule has 1 rings (SSSR count). The molecule has 0 aliphatic carbocycles. The Morgan fingerprint density at radius 3 is 2.57 bits per heavy atom. The molecule has 80 valence electrons. The van der Waals surface area contributed by atoms with Crippen molar-refractivity contribution in [1.29, 1.82) is 0 Å². The van der Waals surface area contributed by atoms with Crippen LogP contribution in [0.1, 0.15) is 13.8 Å². The first-order valence-electron chi connectivity index (χ1n) is 4.76. The van der Waals surface area contributed by atoms with Gasteiger partial charge in [0.05, 0.1) is 5.92 Å². The summed E-state index contributed by atoms with van der Waals surface area (Å²) < 4.78 is 0. The fourth-order valence-electron chi connectivity index (χ4n) is 1.54. The Balaban J connectivity index is 2.45. The van der Waals surface area contributed by atoms with Gasteiger partial charge in [0.25, 0.3) is 0 Å². The third-order valence-corrected chi connectivity index (χ3v) is 2.58. The molecule has 0 aromatic carbocycles. The van der Waals surface area contributed by atoms with Crippen molar-refractivity contribution in [3.05, 3.63) is 0 Å². The normalized spacial score (nSPS) is 28.4. The van der Waals surface area contributed by atoms with Gasteiger partial charge in [0.2, 0.25) is 5.91 Å². The van der Waals surface area contributed by atoms with Gasteiger partial charge in [-0.05, 0) is 19.4 Å². The minimum Gasteiger partial charge on any atom is -0.480 e. The number of carboxylic acids is 1. The maximum atomic E-state index is 11.6. The van der Waals surface area contributed by atoms with Crippen LogP contribution >= 0.6 is 0 Å². The van der Waals surface area contributed by atoms with Crippen molar-refractivity contribution >= 4 is 11.9 Å². The molecule has 5 heteroatoms. The monoisotopic (exact) mass is 200 g/mol. The van der Waals surface area contributed by atoms with Crippen LogP contribution in [0.5, 0.6) is 0 Å². The summed E-state index contributed by atoms with van der Waals surface area (Å²) in [7, 11) is 0. The fraction of sp³-hybridized carbons (Fsp3) is 0.778. The highest BCUT2D eigenvalue weighted by Crippen LogP contribution is 2.15. The summed E-state index contributed by atoms with van der Waals surface area (Å²) in [6.07, 6.45) is 0. The molecular weight excluding hydrogens is 184 g/mol. The summed E-state index contributed by atoms with van der Waals surface area (Å²) in [5.74, 6) is -0.998. The van der Waals surface area contributed by atoms with Crippen LogP contribution in [0.2, 0.25) is 0 Å². The molecule has 1 heterocycles. The lowest BCUT2D eigenvalue weighted by atomic mass is 9.97. The molecule has 14 heavy (non-hydrogen) atoms. The van der Waals surface area contributed by atoms with Crippen LogP contribution in [0.4, 0.5) is 0 Å². The van der Waals surface area contributed by atoms with E-state index in [1.165, 1.54) is 6.92 Å². The van der Waals surface area contributed by atoms with Gasteiger partial charge in [0, 0.05) is 6.54 Å². The Bertz CT molecular complexity index is 242. The average Bonchev–Trinajstić information content (AvgIpc) is 2.51. The Morgan fingerprint density at radius 2 is 2.14 bits per heavy atom. The van der Waals surface area contributed by atoms with Crippen LogP contribution in [0.25, 0.3) is 0 Å². The number of carbonyl (C=O) groups is 2. The summed E-state index contributed by atoms with van der Waals surface area (Å²) in [4.78, 5) is 22.1. The highest BCUT2D eigenvalue weighted by molar-refractivity contribution is 5.85. The predicted octanol–water partition coefficient (Wildman–Crippen LogP) is -0.569. The van der Waals surface area contributed by atoms with Gasteiger partial charge in [-0.25, -0.2) is 0 Å². The molecule has 0 radical (unpaired) electrons. The van der Waals surface area contributed by atoms with Gasteiger partial charge in [0.1, 0.15) is 6.04 Å². The quantitative estimate of drug-likeness (QED) is 0.570. The highest BCUT2D eigenvalue weighted by atomic mass is 16.4. The minimum atomic E-state index is -1.00. The summed E-state index contributed by atoms with van der Waals surface area (Å²) in [5.41, 5.74) is 0. The third kappa shape index (κ3) is 2.45. The zero-order chi connectivity index (χ0) is 10.7. The molecule has 0 aromatic rings. The molecule has 5 nitrogen and oxygen atoms in total. The summed E-state index contributed by atoms with van der Waals surface area (Å²) >= 11 is 0. The number of carbonyl (C=O) groups excluding carboxylic acids is 1. The van der Waals surface area contributed by atoms with Crippen LogP contribution in [0.15, 0.2) is 0 Å². The van der Waals surface area contributed by atoms with Gasteiger partial charge in [-0.1, -0.05) is 6.92 Å². The number of amides is 1. The first-order chi connectivity index (χ1) is 6.52. The zero-order valence-electron chi connectivity index (χ0n) is 8.41. The van der Waals surface area contributed by atoms with E-state index in [2.05, 4.69) is 10.6 Å². The van der Waals surface area contributed by atoms with Gasteiger partial charge in [0.15, 0.2) is 0 Å². The number of carboxylic acid groups (broad SMARTS) is 1. The molecule has 0 spiro atoms. The number of aliphatic carboxylic acids is 1. The Labute approximate surface area is 82.9 Å². The van der Waals surface area contributed by atoms with Crippen molar-refractivity contribution in [2.24, 2.45) is 11.8 Å². The molecule has 0 aromatic heterocycles. The number of nitrogens with one attached hydrogen (secondary N) is 2. The van der Waals surface area contributed by atoms with E-state index in [-0.39, 0.29) is 17.7 Å². The molecule has 0 bridgehead atoms. The second-order valence-corrected chi connectivity index (χ2v) is 3.81. The molecule has 1 aliphatic rings. The van der Waals surface area contributed by atoms with Gasteiger partial charge < -0.3 is 15.7 Å². The van der Waals surface area contributed by atoms with E-state index in [0.29, 0.717) is 6.54 Å². The van der Waals surface area contributed by atoms with Crippen molar-refractivity contribution in [3.8, 4) is 0 Å². The topological polar surface area (TPSA) is 78.4 Å². The standard InChI is InChI=1S/C9H16N2O3/c1-5-3-10-4-7(5)8(12)11-6(2)9(13)14/h5-7,10H,3-4H2,1-2H3,(H,11,12)(H,13,14)/t5-,6-,7-/m1/s1. The largest absolute Gasteiger partial charge is 0.480 e. The molecule has 0 saturated carbocycles. The van der Waals surface area contributed by atoms with Crippen molar-refractivity contribution in [1.82, 2.24) is 10.6 Å². The highest BCUT2D eigenvalue weighted by Gasteiger charge is 2.30. The van der Waals surface area contributed by atoms with Crippen LogP contribution < -0.4 is 10.6 Å². The van der Waals surface area contributed by atoms with Crippen LogP contribution in [-0.4, -0.2) is 36.1 Å². The third-order valence-electron chi connectivity index (χ3n) is 2.58. The molecule has 0 unspecified atom stereocenters. The smallest absolute Gasteiger partial charge is 0.325 e. The van der Waals surface area contributed by atoms with E-state index < -0.39 is 12.0 Å². The molecule has 1 saturated heterocycles. The van der Waals surface area contributed by atoms with Crippen molar-refractivity contribution in [2.45, 2.75) is 19.9 Å². The van der Waals surface area contributed by atoms with Crippen molar-refractivity contribution in [3.63, 3.8) is 0 Å². The van der Waals surface area contributed by atoms with E-state index in [9.17, 15) is 9.59 Å². The summed E-state index contributed by atoms with van der Waals surface area (Å²) in [6, 6.07) is -0.810. The van der Waals surface area contributed by atoms with Crippen LogP contribution in [-0.2, 0) is 9.59 Å². The van der Waals surface area contributed by atoms with Gasteiger partial charge >= 0.3 is 5.97 Å². The Kier molecular flexibility index (Phi) is 3.46. The van der Waals surface area contributed by atoms with Gasteiger partial charge in [-0.15, -0.1) is 0 Å². The van der Waals surface area contributed by atoms with Crippen molar-refractivity contribution < 1.29 is 14.7 Å². The zero-order valence-corrected chi connectivity index (χ0v) is 8.41. The number of rotatable bonds is 3. The molecule has 1 aliphatic heterocycles. The summed E-state index contributed by atoms with van der Waals surface area (Å²) in [5, 5.41) is 14.2. The second kappa shape index (κ2) is 4.41. The molecule has 3 atom stereocenters. The number of hydrogen-bond donors (Lipinski definition) is 3. The van der Waals surface area contributed by atoms with Crippen LogP contribution in [0, 0.1) is 11.8 Å². The minimum absolute atomic E-state index is 0.100. The second-order valence-electron chi connectivity index (χ2n) is 3.81. The first-order valence-corrected chi connectivity index (χ1v) is 4.76. The molecule has 3 N–H and O–H groups in total. The van der Waals surface area contributed by atoms with E-state index in [0.717, 1.165) is 6.54 Å². The Hall–Kier alpha value is -1.10. The van der Waals surface area contributed by atoms with Gasteiger partial charge in [-0.2, -0.15) is 0 Å². The lowest BCUT2D eigenvalue weighted by Gasteiger charge is -2.16. The van der Waals surface area contributed by atoms with Crippen LogP contribution in [0.3, 0.4) is 0 Å². The maximum Gasteiger partial charge on any atom is 0.325 e.